The number of aliphatic hydroxyl groups excluding tert-OH is 1. The number of hydrogen-bond acceptors (Lipinski definition) is 4. The van der Waals surface area contributed by atoms with E-state index in [1.165, 1.54) is 16.1 Å². The van der Waals surface area contributed by atoms with E-state index in [1.807, 2.05) is 25.1 Å². The molecule has 7 heteroatoms. The summed E-state index contributed by atoms with van der Waals surface area (Å²) in [5.41, 5.74) is 2.24. The van der Waals surface area contributed by atoms with E-state index in [2.05, 4.69) is 11.2 Å². The summed E-state index contributed by atoms with van der Waals surface area (Å²) in [5, 5.41) is 13.5. The number of benzene rings is 1. The van der Waals surface area contributed by atoms with Crippen molar-refractivity contribution in [2.75, 3.05) is 13.2 Å². The summed E-state index contributed by atoms with van der Waals surface area (Å²) in [6.45, 7) is 2.40. The van der Waals surface area contributed by atoms with Crippen molar-refractivity contribution in [3.8, 4) is 0 Å². The Balaban J connectivity index is 2.01. The molecule has 0 saturated heterocycles. The van der Waals surface area contributed by atoms with Crippen LogP contribution in [0.3, 0.4) is 0 Å². The molecule has 1 unspecified atom stereocenters. The van der Waals surface area contributed by atoms with Crippen LogP contribution < -0.4 is 0 Å². The number of nitrogens with zero attached hydrogens (tertiary/aromatic N) is 3. The first-order valence-corrected chi connectivity index (χ1v) is 9.75. The highest BCUT2D eigenvalue weighted by atomic mass is 32.2. The van der Waals surface area contributed by atoms with Crippen molar-refractivity contribution in [3.63, 3.8) is 0 Å². The molecule has 24 heavy (non-hydrogen) atoms. The van der Waals surface area contributed by atoms with Crippen molar-refractivity contribution >= 4 is 10.0 Å². The van der Waals surface area contributed by atoms with Gasteiger partial charge in [-0.3, -0.25) is 4.68 Å². The third-order valence-electron chi connectivity index (χ3n) is 4.55. The fourth-order valence-electron chi connectivity index (χ4n) is 3.36. The summed E-state index contributed by atoms with van der Waals surface area (Å²) in [5.74, 6) is 0. The Bertz CT molecular complexity index is 801. The highest BCUT2D eigenvalue weighted by Gasteiger charge is 2.35. The van der Waals surface area contributed by atoms with E-state index in [0.29, 0.717) is 6.54 Å². The summed E-state index contributed by atoms with van der Waals surface area (Å²) >= 11 is 0. The molecule has 0 aliphatic heterocycles. The van der Waals surface area contributed by atoms with E-state index in [4.69, 9.17) is 0 Å². The lowest BCUT2D eigenvalue weighted by molar-refractivity contribution is 0.215. The van der Waals surface area contributed by atoms with E-state index in [9.17, 15) is 13.5 Å². The molecular formula is C17H23N3O3S. The summed E-state index contributed by atoms with van der Waals surface area (Å²) in [7, 11) is -3.70. The molecule has 1 aromatic heterocycles. The smallest absolute Gasteiger partial charge is 0.246 e. The van der Waals surface area contributed by atoms with E-state index in [0.717, 1.165) is 24.8 Å². The van der Waals surface area contributed by atoms with Gasteiger partial charge in [-0.05, 0) is 37.3 Å². The number of fused-ring (bicyclic) bond motifs is 1. The van der Waals surface area contributed by atoms with Gasteiger partial charge >= 0.3 is 0 Å². The second-order valence-electron chi connectivity index (χ2n) is 5.98. The molecule has 1 atom stereocenters. The van der Waals surface area contributed by atoms with Crippen LogP contribution in [0.2, 0.25) is 0 Å². The number of aryl methyl sites for hydroxylation is 2. The number of rotatable bonds is 6. The average Bonchev–Trinajstić information content (AvgIpc) is 3.09. The molecule has 2 aromatic rings. The number of sulfonamides is 1. The standard InChI is InChI=1S/C17H23N3O3S/c1-2-19-13-15(12-18-19)24(22,23)20(10-11-21)17-9-5-7-14-6-3-4-8-16(14)17/h3-4,6,8,12-13,17,21H,2,5,7,9-11H2,1H3. The summed E-state index contributed by atoms with van der Waals surface area (Å²) in [6.07, 6.45) is 5.60. The lowest BCUT2D eigenvalue weighted by atomic mass is 9.88. The third-order valence-corrected chi connectivity index (χ3v) is 6.41. The van der Waals surface area contributed by atoms with Gasteiger partial charge in [-0.1, -0.05) is 24.3 Å². The molecule has 0 radical (unpaired) electrons. The molecule has 130 valence electrons. The molecule has 0 fully saturated rings. The highest BCUT2D eigenvalue weighted by molar-refractivity contribution is 7.89. The summed E-state index contributed by atoms with van der Waals surface area (Å²) in [4.78, 5) is 0.181. The van der Waals surface area contributed by atoms with Crippen LogP contribution in [0.5, 0.6) is 0 Å². The summed E-state index contributed by atoms with van der Waals surface area (Å²) in [6, 6.07) is 7.74. The average molecular weight is 349 g/mol. The summed E-state index contributed by atoms with van der Waals surface area (Å²) < 4.78 is 29.3. The Hall–Kier alpha value is -1.70. The van der Waals surface area contributed by atoms with Crippen LogP contribution in [0.1, 0.15) is 36.9 Å². The normalized spacial score (nSPS) is 17.9. The minimum absolute atomic E-state index is 0.0820. The Labute approximate surface area is 142 Å². The SMILES string of the molecule is CCn1cc(S(=O)(=O)N(CCO)C2CCCc3ccccc32)cn1. The lowest BCUT2D eigenvalue weighted by Crippen LogP contribution is -2.38. The largest absolute Gasteiger partial charge is 0.395 e. The van der Waals surface area contributed by atoms with Gasteiger partial charge < -0.3 is 5.11 Å². The van der Waals surface area contributed by atoms with Crippen LogP contribution in [-0.2, 0) is 23.0 Å². The van der Waals surface area contributed by atoms with E-state index in [-0.39, 0.29) is 24.1 Å². The van der Waals surface area contributed by atoms with Crippen molar-refractivity contribution in [3.05, 3.63) is 47.8 Å². The number of aliphatic hydroxyl groups is 1. The maximum Gasteiger partial charge on any atom is 0.246 e. The number of hydrogen-bond donors (Lipinski definition) is 1. The molecule has 1 aliphatic rings. The Morgan fingerprint density at radius 2 is 2.17 bits per heavy atom. The predicted molar refractivity (Wildman–Crippen MR) is 91.0 cm³/mol. The zero-order chi connectivity index (χ0) is 17.2. The quantitative estimate of drug-likeness (QED) is 0.865. The van der Waals surface area contributed by atoms with E-state index in [1.54, 1.807) is 10.9 Å². The van der Waals surface area contributed by atoms with Gasteiger partial charge in [0.15, 0.2) is 0 Å². The van der Waals surface area contributed by atoms with Gasteiger partial charge in [-0.2, -0.15) is 9.40 Å². The first-order valence-electron chi connectivity index (χ1n) is 8.31. The van der Waals surface area contributed by atoms with Crippen molar-refractivity contribution in [1.82, 2.24) is 14.1 Å². The van der Waals surface area contributed by atoms with Gasteiger partial charge in [-0.25, -0.2) is 8.42 Å². The highest BCUT2D eigenvalue weighted by Crippen LogP contribution is 2.37. The number of aromatic nitrogens is 2. The molecule has 0 amide bonds. The van der Waals surface area contributed by atoms with Crippen LogP contribution in [0.25, 0.3) is 0 Å². The molecule has 1 aliphatic carbocycles. The minimum Gasteiger partial charge on any atom is -0.395 e. The van der Waals surface area contributed by atoms with Gasteiger partial charge in [0.05, 0.1) is 18.8 Å². The third kappa shape index (κ3) is 3.11. The topological polar surface area (TPSA) is 75.4 Å². The molecule has 6 nitrogen and oxygen atoms in total. The van der Waals surface area contributed by atoms with Crippen LogP contribution >= 0.6 is 0 Å². The van der Waals surface area contributed by atoms with Crippen molar-refractivity contribution in [2.24, 2.45) is 0 Å². The first kappa shape index (κ1) is 17.1. The van der Waals surface area contributed by atoms with Crippen LogP contribution in [0, 0.1) is 0 Å². The Morgan fingerprint density at radius 3 is 2.88 bits per heavy atom. The minimum atomic E-state index is -3.70. The Morgan fingerprint density at radius 1 is 1.38 bits per heavy atom. The fraction of sp³-hybridized carbons (Fsp3) is 0.471. The van der Waals surface area contributed by atoms with Crippen LogP contribution in [-0.4, -0.2) is 40.8 Å². The maximum atomic E-state index is 13.1. The molecule has 0 spiro atoms. The van der Waals surface area contributed by atoms with Gasteiger partial charge in [0.25, 0.3) is 0 Å². The zero-order valence-corrected chi connectivity index (χ0v) is 14.6. The fourth-order valence-corrected chi connectivity index (χ4v) is 4.94. The second kappa shape index (κ2) is 7.04. The van der Waals surface area contributed by atoms with Crippen molar-refractivity contribution in [1.29, 1.82) is 0 Å². The van der Waals surface area contributed by atoms with E-state index < -0.39 is 10.0 Å². The van der Waals surface area contributed by atoms with Gasteiger partial charge in [0, 0.05) is 19.3 Å². The monoisotopic (exact) mass is 349 g/mol. The maximum absolute atomic E-state index is 13.1. The predicted octanol–water partition coefficient (Wildman–Crippen LogP) is 1.96. The molecule has 1 N–H and O–H groups in total. The van der Waals surface area contributed by atoms with Gasteiger partial charge in [0.1, 0.15) is 4.90 Å². The molecule has 1 aromatic carbocycles. The van der Waals surface area contributed by atoms with Crippen molar-refractivity contribution < 1.29 is 13.5 Å². The molecule has 0 saturated carbocycles. The zero-order valence-electron chi connectivity index (χ0n) is 13.8. The molecule has 0 bridgehead atoms. The molecule has 1 heterocycles. The molecular weight excluding hydrogens is 326 g/mol. The van der Waals surface area contributed by atoms with E-state index >= 15 is 0 Å². The van der Waals surface area contributed by atoms with Crippen molar-refractivity contribution in [2.45, 2.75) is 43.7 Å². The molecule has 3 rings (SSSR count). The van der Waals surface area contributed by atoms with Crippen LogP contribution in [0.15, 0.2) is 41.6 Å². The van der Waals surface area contributed by atoms with Crippen LogP contribution in [0.4, 0.5) is 0 Å². The van der Waals surface area contributed by atoms with Gasteiger partial charge in [-0.15, -0.1) is 0 Å². The second-order valence-corrected chi connectivity index (χ2v) is 7.87. The van der Waals surface area contributed by atoms with Gasteiger partial charge in [0.2, 0.25) is 10.0 Å². The first-order chi connectivity index (χ1) is 11.6. The Kier molecular flexibility index (Phi) is 5.03. The lowest BCUT2D eigenvalue weighted by Gasteiger charge is -2.34.